The Labute approximate surface area is 208 Å². The first kappa shape index (κ1) is 21.6. The minimum Gasteiger partial charge on any atom is -0.384 e. The van der Waals surface area contributed by atoms with Crippen LogP contribution < -0.4 is 11.3 Å². The van der Waals surface area contributed by atoms with E-state index in [1.54, 1.807) is 35.0 Å². The normalized spacial score (nSPS) is 16.8. The fourth-order valence-electron chi connectivity index (χ4n) is 4.59. The molecular weight excluding hydrogens is 489 g/mol. The molecule has 12 heteroatoms. The number of nitrogen functional groups attached to an aromatic ring is 1. The monoisotopic (exact) mass is 505 g/mol. The van der Waals surface area contributed by atoms with Crippen molar-refractivity contribution in [1.82, 2.24) is 34.7 Å². The van der Waals surface area contributed by atoms with E-state index < -0.39 is 0 Å². The Kier molecular flexibility index (Phi) is 5.19. The summed E-state index contributed by atoms with van der Waals surface area (Å²) in [5.74, 6) is 1.06. The quantitative estimate of drug-likeness (QED) is 0.419. The van der Waals surface area contributed by atoms with Crippen LogP contribution in [-0.2, 0) is 6.42 Å². The molecule has 0 bridgehead atoms. The number of benzene rings is 1. The zero-order chi connectivity index (χ0) is 24.1. The van der Waals surface area contributed by atoms with Crippen molar-refractivity contribution in [3.63, 3.8) is 0 Å². The SMILES string of the molecule is Nc1ccc(C2=CN=C([C@@H]3CCc4nc(-c5cc(Cl)ccc5-n5cnnn5)cc(=O)n43)C2)c(Cl)n1. The predicted molar refractivity (Wildman–Crippen MR) is 133 cm³/mol. The van der Waals surface area contributed by atoms with Gasteiger partial charge in [-0.3, -0.25) is 14.4 Å². The van der Waals surface area contributed by atoms with Gasteiger partial charge in [0.25, 0.3) is 5.56 Å². The van der Waals surface area contributed by atoms with E-state index in [1.165, 1.54) is 17.1 Å². The molecule has 0 amide bonds. The van der Waals surface area contributed by atoms with Gasteiger partial charge in [-0.15, -0.1) is 5.10 Å². The number of aromatic nitrogens is 7. The van der Waals surface area contributed by atoms with Crippen LogP contribution in [0.2, 0.25) is 10.2 Å². The molecule has 0 aliphatic carbocycles. The number of fused-ring (bicyclic) bond motifs is 1. The molecule has 3 aromatic heterocycles. The van der Waals surface area contributed by atoms with Crippen molar-refractivity contribution < 1.29 is 0 Å². The van der Waals surface area contributed by atoms with Crippen LogP contribution in [0, 0.1) is 0 Å². The van der Waals surface area contributed by atoms with Gasteiger partial charge in [-0.1, -0.05) is 23.2 Å². The van der Waals surface area contributed by atoms with Crippen LogP contribution in [0.3, 0.4) is 0 Å². The van der Waals surface area contributed by atoms with E-state index in [1.807, 2.05) is 6.07 Å². The van der Waals surface area contributed by atoms with Crippen molar-refractivity contribution >= 4 is 40.3 Å². The number of nitrogens with two attached hydrogens (primary N) is 1. The summed E-state index contributed by atoms with van der Waals surface area (Å²) in [4.78, 5) is 26.9. The molecule has 10 nitrogen and oxygen atoms in total. The second-order valence-electron chi connectivity index (χ2n) is 8.26. The lowest BCUT2D eigenvalue weighted by Gasteiger charge is -2.16. The first-order valence-electron chi connectivity index (χ1n) is 10.8. The molecule has 0 spiro atoms. The molecule has 1 atom stereocenters. The zero-order valence-corrected chi connectivity index (χ0v) is 19.6. The van der Waals surface area contributed by atoms with E-state index in [-0.39, 0.29) is 11.6 Å². The Morgan fingerprint density at radius 1 is 1.06 bits per heavy atom. The van der Waals surface area contributed by atoms with E-state index >= 15 is 0 Å². The van der Waals surface area contributed by atoms with E-state index in [0.29, 0.717) is 51.6 Å². The topological polar surface area (TPSA) is 130 Å². The number of rotatable bonds is 4. The number of halogens is 2. The smallest absolute Gasteiger partial charge is 0.254 e. The number of pyridine rings is 1. The lowest BCUT2D eigenvalue weighted by Crippen LogP contribution is -2.28. The number of allylic oxidation sites excluding steroid dienone is 1. The molecule has 174 valence electrons. The zero-order valence-electron chi connectivity index (χ0n) is 18.1. The van der Waals surface area contributed by atoms with Crippen molar-refractivity contribution in [2.75, 3.05) is 5.73 Å². The maximum absolute atomic E-state index is 13.3. The molecule has 0 radical (unpaired) electrons. The van der Waals surface area contributed by atoms with Crippen molar-refractivity contribution in [3.05, 3.63) is 80.8 Å². The Morgan fingerprint density at radius 2 is 1.94 bits per heavy atom. The van der Waals surface area contributed by atoms with Crippen molar-refractivity contribution in [3.8, 4) is 16.9 Å². The number of hydrogen-bond acceptors (Lipinski definition) is 8. The van der Waals surface area contributed by atoms with E-state index in [2.05, 4.69) is 25.5 Å². The molecule has 0 saturated heterocycles. The Bertz CT molecular complexity index is 1590. The van der Waals surface area contributed by atoms with Gasteiger partial charge >= 0.3 is 0 Å². The minimum absolute atomic E-state index is 0.154. The summed E-state index contributed by atoms with van der Waals surface area (Å²) in [5.41, 5.74) is 10.0. The van der Waals surface area contributed by atoms with E-state index in [0.717, 1.165) is 23.3 Å². The number of anilines is 1. The van der Waals surface area contributed by atoms with Gasteiger partial charge in [-0.2, -0.15) is 4.68 Å². The lowest BCUT2D eigenvalue weighted by molar-refractivity contribution is 0.645. The van der Waals surface area contributed by atoms with Crippen molar-refractivity contribution in [1.29, 1.82) is 0 Å². The van der Waals surface area contributed by atoms with Gasteiger partial charge in [0.1, 0.15) is 23.1 Å². The predicted octanol–water partition coefficient (Wildman–Crippen LogP) is 3.54. The van der Waals surface area contributed by atoms with Crippen molar-refractivity contribution in [2.45, 2.75) is 25.3 Å². The summed E-state index contributed by atoms with van der Waals surface area (Å²) in [6, 6.07) is 10.2. The van der Waals surface area contributed by atoms with E-state index in [4.69, 9.17) is 33.9 Å². The molecule has 2 aliphatic heterocycles. The summed E-state index contributed by atoms with van der Waals surface area (Å²) in [6.07, 6.45) is 5.21. The number of hydrogen-bond donors (Lipinski definition) is 1. The fraction of sp³-hybridized carbons (Fsp3) is 0.174. The number of nitrogens with zero attached hydrogens (tertiary/aromatic N) is 8. The highest BCUT2D eigenvalue weighted by Gasteiger charge is 2.31. The molecule has 0 unspecified atom stereocenters. The maximum Gasteiger partial charge on any atom is 0.254 e. The third-order valence-corrected chi connectivity index (χ3v) is 6.69. The van der Waals surface area contributed by atoms with E-state index in [9.17, 15) is 4.79 Å². The highest BCUT2D eigenvalue weighted by Crippen LogP contribution is 2.36. The molecule has 5 heterocycles. The molecule has 6 rings (SSSR count). The Morgan fingerprint density at radius 3 is 2.74 bits per heavy atom. The summed E-state index contributed by atoms with van der Waals surface area (Å²) in [7, 11) is 0. The van der Waals surface area contributed by atoms with Gasteiger partial charge in [-0.05, 0) is 52.8 Å². The standard InChI is InChI=1S/C23H17Cl2N9O/c24-13-1-3-18(33-11-28-31-32-33)15(8-13)16-9-22(35)34-19(4-6-21(34)29-16)17-7-12(10-27-17)14-2-5-20(26)30-23(14)25/h1-3,5,8-11,19H,4,6-7H2,(H2,26,30)/t19-/m0/s1. The highest BCUT2D eigenvalue weighted by atomic mass is 35.5. The third kappa shape index (κ3) is 3.80. The van der Waals surface area contributed by atoms with Crippen LogP contribution in [0.4, 0.5) is 5.82 Å². The van der Waals surface area contributed by atoms with Crippen LogP contribution >= 0.6 is 23.2 Å². The van der Waals surface area contributed by atoms with Crippen LogP contribution in [-0.4, -0.2) is 40.5 Å². The maximum atomic E-state index is 13.3. The second kappa shape index (κ2) is 8.40. The number of aliphatic imine (C=N–C) groups is 1. The Hall–Kier alpha value is -3.89. The average molecular weight is 506 g/mol. The number of tetrazole rings is 1. The summed E-state index contributed by atoms with van der Waals surface area (Å²) >= 11 is 12.6. The fourth-order valence-corrected chi connectivity index (χ4v) is 5.04. The van der Waals surface area contributed by atoms with Crippen LogP contribution in [0.1, 0.15) is 30.3 Å². The molecule has 2 N–H and O–H groups in total. The first-order valence-corrected chi connectivity index (χ1v) is 11.6. The minimum atomic E-state index is -0.174. The van der Waals surface area contributed by atoms with Crippen LogP contribution in [0.5, 0.6) is 0 Å². The third-order valence-electron chi connectivity index (χ3n) is 6.17. The number of aryl methyl sites for hydroxylation is 1. The van der Waals surface area contributed by atoms with Crippen LogP contribution in [0.15, 0.2) is 58.7 Å². The van der Waals surface area contributed by atoms with Gasteiger partial charge in [0.2, 0.25) is 0 Å². The van der Waals surface area contributed by atoms with Crippen LogP contribution in [0.25, 0.3) is 22.5 Å². The molecule has 0 saturated carbocycles. The van der Waals surface area contributed by atoms with Crippen molar-refractivity contribution in [2.24, 2.45) is 4.99 Å². The van der Waals surface area contributed by atoms with Gasteiger partial charge in [0, 0.05) is 47.0 Å². The van der Waals surface area contributed by atoms with Gasteiger partial charge in [-0.25, -0.2) is 9.97 Å². The lowest BCUT2D eigenvalue weighted by atomic mass is 10.00. The molecule has 2 aliphatic rings. The summed E-state index contributed by atoms with van der Waals surface area (Å²) in [6.45, 7) is 0. The molecule has 1 aromatic carbocycles. The first-order chi connectivity index (χ1) is 17.0. The molecule has 0 fully saturated rings. The Balaban J connectivity index is 1.33. The molecular formula is C23H17Cl2N9O. The van der Waals surface area contributed by atoms with Gasteiger partial charge in [0.15, 0.2) is 0 Å². The second-order valence-corrected chi connectivity index (χ2v) is 9.06. The largest absolute Gasteiger partial charge is 0.384 e. The van der Waals surface area contributed by atoms with Gasteiger partial charge < -0.3 is 5.73 Å². The highest BCUT2D eigenvalue weighted by molar-refractivity contribution is 6.31. The average Bonchev–Trinajstić information content (AvgIpc) is 3.59. The van der Waals surface area contributed by atoms with Gasteiger partial charge in [0.05, 0.1) is 17.4 Å². The summed E-state index contributed by atoms with van der Waals surface area (Å²) in [5, 5.41) is 12.2. The molecule has 35 heavy (non-hydrogen) atoms. The molecule has 4 aromatic rings. The summed E-state index contributed by atoms with van der Waals surface area (Å²) < 4.78 is 3.24.